The quantitative estimate of drug-likeness (QED) is 0.210. The minimum atomic E-state index is -3.96. The predicted molar refractivity (Wildman–Crippen MR) is 158 cm³/mol. The number of sulfonamides is 1. The first kappa shape index (κ1) is 29.5. The lowest BCUT2D eigenvalue weighted by Gasteiger charge is -2.31. The van der Waals surface area contributed by atoms with E-state index in [0.29, 0.717) is 27.6 Å². The molecule has 9 nitrogen and oxygen atoms in total. The van der Waals surface area contributed by atoms with Crippen LogP contribution >= 0.6 is 0 Å². The lowest BCUT2D eigenvalue weighted by Crippen LogP contribution is -2.44. The zero-order valence-corrected chi connectivity index (χ0v) is 23.7. The summed E-state index contributed by atoms with van der Waals surface area (Å²) in [7, 11) is -3.96. The molecular weight excluding hydrogens is 578 g/mol. The van der Waals surface area contributed by atoms with Crippen LogP contribution in [0.3, 0.4) is 0 Å². The number of fused-ring (bicyclic) bond motifs is 1. The van der Waals surface area contributed by atoms with Gasteiger partial charge in [-0.25, -0.2) is 26.7 Å². The number of halogens is 2. The van der Waals surface area contributed by atoms with Crippen molar-refractivity contribution in [1.82, 2.24) is 15.0 Å². The minimum Gasteiger partial charge on any atom is -0.460 e. The van der Waals surface area contributed by atoms with E-state index in [-0.39, 0.29) is 25.3 Å². The maximum atomic E-state index is 13.8. The number of hydrogen-bond acceptors (Lipinski definition) is 7. The summed E-state index contributed by atoms with van der Waals surface area (Å²) in [5.74, 6) is -2.63. The fourth-order valence-corrected chi connectivity index (χ4v) is 5.90. The van der Waals surface area contributed by atoms with Crippen LogP contribution in [0.2, 0.25) is 0 Å². The molecule has 1 aromatic heterocycles. The second-order valence-electron chi connectivity index (χ2n) is 9.78. The molecule has 1 unspecified atom stereocenters. The van der Waals surface area contributed by atoms with E-state index in [2.05, 4.69) is 10.3 Å². The highest BCUT2D eigenvalue weighted by Gasteiger charge is 2.29. The Morgan fingerprint density at radius 1 is 0.907 bits per heavy atom. The Kier molecular flexibility index (Phi) is 8.58. The maximum Gasteiger partial charge on any atom is 0.338 e. The van der Waals surface area contributed by atoms with Crippen LogP contribution in [-0.4, -0.2) is 48.3 Å². The lowest BCUT2D eigenvalue weighted by molar-refractivity contribution is 0.0477. The molecule has 43 heavy (non-hydrogen) atoms. The molecule has 220 valence electrons. The number of nitrogens with zero attached hydrogens (tertiary/aromatic N) is 4. The van der Waals surface area contributed by atoms with Crippen molar-refractivity contribution in [2.24, 2.45) is 0 Å². The van der Waals surface area contributed by atoms with Gasteiger partial charge in [0.1, 0.15) is 12.1 Å². The van der Waals surface area contributed by atoms with Gasteiger partial charge in [0.05, 0.1) is 28.9 Å². The number of benzene rings is 4. The van der Waals surface area contributed by atoms with Gasteiger partial charge in [0.25, 0.3) is 5.56 Å². The number of ether oxygens (including phenoxy) is 1. The van der Waals surface area contributed by atoms with E-state index in [1.165, 1.54) is 18.2 Å². The second-order valence-corrected chi connectivity index (χ2v) is 11.6. The van der Waals surface area contributed by atoms with Gasteiger partial charge in [-0.05, 0) is 66.1 Å². The molecular formula is C31H26F2N4O5S. The normalized spacial score (nSPS) is 12.2. The molecule has 0 bridgehead atoms. The largest absolute Gasteiger partial charge is 0.460 e. The fraction of sp³-hybridized carbons (Fsp3) is 0.161. The van der Waals surface area contributed by atoms with Crippen LogP contribution in [0, 0.1) is 11.6 Å². The third kappa shape index (κ3) is 6.75. The molecule has 0 spiro atoms. The number of carbonyl (C=O) groups is 1. The van der Waals surface area contributed by atoms with Gasteiger partial charge in [0.15, 0.2) is 11.6 Å². The number of anilines is 1. The van der Waals surface area contributed by atoms with Crippen molar-refractivity contribution in [2.45, 2.75) is 19.0 Å². The molecule has 0 amide bonds. The molecule has 0 fully saturated rings. The Hall–Kier alpha value is -4.97. The zero-order chi connectivity index (χ0) is 30.6. The number of hydrogen-bond donors (Lipinski definition) is 0. The van der Waals surface area contributed by atoms with E-state index >= 15 is 0 Å². The summed E-state index contributed by atoms with van der Waals surface area (Å²) in [4.78, 5) is 25.8. The average molecular weight is 605 g/mol. The first-order valence-electron chi connectivity index (χ1n) is 13.2. The summed E-state index contributed by atoms with van der Waals surface area (Å²) in [6.45, 7) is -0.356. The van der Waals surface area contributed by atoms with Gasteiger partial charge in [0, 0.05) is 6.54 Å². The van der Waals surface area contributed by atoms with Gasteiger partial charge in [0.2, 0.25) is 10.0 Å². The van der Waals surface area contributed by atoms with Crippen molar-refractivity contribution in [1.29, 1.82) is 0 Å². The van der Waals surface area contributed by atoms with Crippen LogP contribution < -0.4 is 9.86 Å². The molecule has 0 aliphatic heterocycles. The summed E-state index contributed by atoms with van der Waals surface area (Å²) in [5.41, 5.74) is 1.50. The van der Waals surface area contributed by atoms with Crippen molar-refractivity contribution >= 4 is 32.6 Å². The maximum absolute atomic E-state index is 13.8. The number of esters is 1. The number of aryl methyl sites for hydroxylation is 1. The number of rotatable bonds is 10. The Morgan fingerprint density at radius 2 is 1.58 bits per heavy atom. The van der Waals surface area contributed by atoms with Gasteiger partial charge in [-0.1, -0.05) is 53.7 Å². The van der Waals surface area contributed by atoms with Crippen molar-refractivity contribution in [3.8, 4) is 11.1 Å². The molecule has 1 atom stereocenters. The standard InChI is InChI=1S/C31H26F2N4O5S/c1-43(40,41)37(24-14-11-21(12-15-24)23-13-16-27(32)28(33)19-23)25(20-42-31(39)22-7-3-2-4-8-22)17-18-36-30(38)26-9-5-6-10-29(26)34-35-36/h2-16,19,25H,17-18,20H2,1H3. The molecule has 5 rings (SSSR count). The van der Waals surface area contributed by atoms with Crippen molar-refractivity contribution < 1.29 is 26.7 Å². The molecule has 1 heterocycles. The van der Waals surface area contributed by atoms with Gasteiger partial charge >= 0.3 is 5.97 Å². The predicted octanol–water partition coefficient (Wildman–Crippen LogP) is 4.82. The third-order valence-electron chi connectivity index (χ3n) is 6.78. The van der Waals surface area contributed by atoms with Gasteiger partial charge in [-0.15, -0.1) is 5.10 Å². The third-order valence-corrected chi connectivity index (χ3v) is 8.01. The van der Waals surface area contributed by atoms with E-state index < -0.39 is 39.2 Å². The topological polar surface area (TPSA) is 111 Å². The SMILES string of the molecule is CS(=O)(=O)N(c1ccc(-c2ccc(F)c(F)c2)cc1)C(CCn1nnc2ccccc2c1=O)COC(=O)c1ccccc1. The van der Waals surface area contributed by atoms with Crippen LogP contribution in [0.4, 0.5) is 14.5 Å². The van der Waals surface area contributed by atoms with E-state index in [4.69, 9.17) is 4.74 Å². The van der Waals surface area contributed by atoms with E-state index in [1.54, 1.807) is 66.7 Å². The number of aromatic nitrogens is 3. The zero-order valence-electron chi connectivity index (χ0n) is 22.9. The highest BCUT2D eigenvalue weighted by molar-refractivity contribution is 7.92. The summed E-state index contributed by atoms with van der Waals surface area (Å²) in [5, 5.41) is 8.43. The Labute approximate surface area is 246 Å². The summed E-state index contributed by atoms with van der Waals surface area (Å²) in [6, 6.07) is 23.7. The fourth-order valence-electron chi connectivity index (χ4n) is 4.69. The first-order valence-corrected chi connectivity index (χ1v) is 15.1. The Morgan fingerprint density at radius 3 is 2.28 bits per heavy atom. The number of carbonyl (C=O) groups excluding carboxylic acids is 1. The highest BCUT2D eigenvalue weighted by atomic mass is 32.2. The molecule has 5 aromatic rings. The lowest BCUT2D eigenvalue weighted by atomic mass is 10.0. The highest BCUT2D eigenvalue weighted by Crippen LogP contribution is 2.28. The minimum absolute atomic E-state index is 0.0246. The first-order chi connectivity index (χ1) is 20.6. The Bertz CT molecular complexity index is 1930. The average Bonchev–Trinajstić information content (AvgIpc) is 3.00. The van der Waals surface area contributed by atoms with Crippen LogP contribution in [0.5, 0.6) is 0 Å². The van der Waals surface area contributed by atoms with E-state index in [0.717, 1.165) is 27.4 Å². The monoisotopic (exact) mass is 604 g/mol. The van der Waals surface area contributed by atoms with Crippen molar-refractivity contribution in [3.63, 3.8) is 0 Å². The molecule has 12 heteroatoms. The molecule has 0 aliphatic rings. The molecule has 0 aliphatic carbocycles. The summed E-state index contributed by atoms with van der Waals surface area (Å²) in [6.07, 6.45) is 1.05. The molecule has 0 N–H and O–H groups in total. The Balaban J connectivity index is 1.47. The van der Waals surface area contributed by atoms with Crippen molar-refractivity contribution in [2.75, 3.05) is 17.2 Å². The van der Waals surface area contributed by atoms with Gasteiger partial charge in [-0.3, -0.25) is 9.10 Å². The van der Waals surface area contributed by atoms with Crippen LogP contribution in [0.15, 0.2) is 102 Å². The molecule has 4 aromatic carbocycles. The summed E-state index contributed by atoms with van der Waals surface area (Å²) >= 11 is 0. The van der Waals surface area contributed by atoms with Gasteiger partial charge in [-0.2, -0.15) is 0 Å². The van der Waals surface area contributed by atoms with Gasteiger partial charge < -0.3 is 4.74 Å². The molecule has 0 radical (unpaired) electrons. The second kappa shape index (κ2) is 12.5. The summed E-state index contributed by atoms with van der Waals surface area (Å²) < 4.78 is 61.4. The molecule has 0 saturated carbocycles. The van der Waals surface area contributed by atoms with E-state index in [9.17, 15) is 26.8 Å². The smallest absolute Gasteiger partial charge is 0.338 e. The van der Waals surface area contributed by atoms with Crippen LogP contribution in [0.25, 0.3) is 22.0 Å². The molecule has 0 saturated heterocycles. The van der Waals surface area contributed by atoms with Crippen LogP contribution in [-0.2, 0) is 21.3 Å². The van der Waals surface area contributed by atoms with Crippen LogP contribution in [0.1, 0.15) is 16.8 Å². The van der Waals surface area contributed by atoms with Crippen molar-refractivity contribution in [3.05, 3.63) is 125 Å². The van der Waals surface area contributed by atoms with E-state index in [1.807, 2.05) is 0 Å².